The topological polar surface area (TPSA) is 137 Å². The summed E-state index contributed by atoms with van der Waals surface area (Å²) in [7, 11) is 0. The third-order valence-corrected chi connectivity index (χ3v) is 2.05. The monoisotopic (exact) mass is 234 g/mol. The summed E-state index contributed by atoms with van der Waals surface area (Å²) in [5, 5.41) is 32.7. The number of nitrogens with one attached hydrogen (secondary N) is 1. The predicted octanol–water partition coefficient (Wildman–Crippen LogP) is -2.60. The highest BCUT2D eigenvalue weighted by Crippen LogP contribution is 2.08. The Morgan fingerprint density at radius 3 is 2.73 bits per heavy atom. The lowest BCUT2D eigenvalue weighted by Crippen LogP contribution is -2.37. The minimum absolute atomic E-state index is 0.116. The van der Waals surface area contributed by atoms with E-state index in [1.807, 2.05) is 0 Å². The molecule has 15 heavy (non-hydrogen) atoms. The molecule has 6 N–H and O–H groups in total. The van der Waals surface area contributed by atoms with Gasteiger partial charge in [-0.15, -0.1) is 0 Å². The SMILES string of the molecule is Nn1c(=S)[nH]nc(C(O)C(O)CO)c1=O. The highest BCUT2D eigenvalue weighted by molar-refractivity contribution is 7.71. The number of aliphatic hydroxyl groups excluding tert-OH is 3. The first kappa shape index (κ1) is 11.8. The zero-order valence-electron chi connectivity index (χ0n) is 7.49. The van der Waals surface area contributed by atoms with Crippen LogP contribution in [-0.2, 0) is 0 Å². The van der Waals surface area contributed by atoms with Gasteiger partial charge in [-0.25, -0.2) is 0 Å². The van der Waals surface area contributed by atoms with Gasteiger partial charge in [-0.3, -0.25) is 9.89 Å². The molecule has 84 valence electrons. The molecular formula is C6H10N4O4S. The van der Waals surface area contributed by atoms with Gasteiger partial charge in [0.15, 0.2) is 5.69 Å². The second-order valence-electron chi connectivity index (χ2n) is 2.78. The van der Waals surface area contributed by atoms with E-state index in [0.717, 1.165) is 0 Å². The Morgan fingerprint density at radius 1 is 1.60 bits per heavy atom. The maximum atomic E-state index is 11.4. The van der Waals surface area contributed by atoms with Crippen molar-refractivity contribution in [2.45, 2.75) is 12.2 Å². The molecule has 0 radical (unpaired) electrons. The van der Waals surface area contributed by atoms with Gasteiger partial charge in [0.1, 0.15) is 12.2 Å². The maximum absolute atomic E-state index is 11.4. The molecule has 0 amide bonds. The first-order valence-corrected chi connectivity index (χ1v) is 4.33. The van der Waals surface area contributed by atoms with Crippen molar-refractivity contribution < 1.29 is 15.3 Å². The first-order chi connectivity index (χ1) is 6.99. The van der Waals surface area contributed by atoms with Gasteiger partial charge in [-0.05, 0) is 12.2 Å². The van der Waals surface area contributed by atoms with Gasteiger partial charge in [-0.1, -0.05) is 0 Å². The molecule has 1 rings (SSSR count). The van der Waals surface area contributed by atoms with Gasteiger partial charge < -0.3 is 21.2 Å². The third-order valence-electron chi connectivity index (χ3n) is 1.76. The first-order valence-electron chi connectivity index (χ1n) is 3.92. The minimum Gasteiger partial charge on any atom is -0.394 e. The molecule has 0 aliphatic carbocycles. The van der Waals surface area contributed by atoms with Crippen molar-refractivity contribution in [2.75, 3.05) is 12.4 Å². The normalized spacial score (nSPS) is 14.9. The Bertz CT molecular complexity index is 455. The van der Waals surface area contributed by atoms with Crippen LogP contribution in [0, 0.1) is 4.77 Å². The molecule has 0 bridgehead atoms. The summed E-state index contributed by atoms with van der Waals surface area (Å²) in [5.74, 6) is 5.24. The largest absolute Gasteiger partial charge is 0.394 e. The standard InChI is InChI=1S/C6H10N4O4S/c7-10-5(14)3(8-9-6(10)15)4(13)2(12)1-11/h2,4,11-13H,1,7H2,(H,9,15). The van der Waals surface area contributed by atoms with Crippen LogP contribution in [-0.4, -0.2) is 42.9 Å². The molecule has 0 saturated carbocycles. The summed E-state index contributed by atoms with van der Waals surface area (Å²) in [5.41, 5.74) is -1.24. The molecule has 0 saturated heterocycles. The molecule has 8 nitrogen and oxygen atoms in total. The zero-order chi connectivity index (χ0) is 11.6. The van der Waals surface area contributed by atoms with Crippen molar-refractivity contribution >= 4 is 12.2 Å². The Kier molecular flexibility index (Phi) is 3.52. The number of aromatic amines is 1. The van der Waals surface area contributed by atoms with E-state index < -0.39 is 30.1 Å². The summed E-state index contributed by atoms with van der Waals surface area (Å²) >= 11 is 4.61. The number of aromatic nitrogens is 3. The van der Waals surface area contributed by atoms with E-state index in [0.29, 0.717) is 4.68 Å². The maximum Gasteiger partial charge on any atom is 0.297 e. The second kappa shape index (κ2) is 4.49. The number of nitrogens with zero attached hydrogens (tertiary/aromatic N) is 2. The van der Waals surface area contributed by atoms with Crippen molar-refractivity contribution in [2.24, 2.45) is 0 Å². The molecular weight excluding hydrogens is 224 g/mol. The van der Waals surface area contributed by atoms with E-state index in [9.17, 15) is 9.90 Å². The van der Waals surface area contributed by atoms with Gasteiger partial charge in [-0.2, -0.15) is 9.77 Å². The van der Waals surface area contributed by atoms with E-state index in [1.165, 1.54) is 0 Å². The van der Waals surface area contributed by atoms with Gasteiger partial charge in [0.05, 0.1) is 6.61 Å². The minimum atomic E-state index is -1.62. The molecule has 1 aromatic rings. The summed E-state index contributed by atoms with van der Waals surface area (Å²) in [4.78, 5) is 11.4. The van der Waals surface area contributed by atoms with E-state index in [4.69, 9.17) is 16.1 Å². The Hall–Kier alpha value is -1.29. The van der Waals surface area contributed by atoms with E-state index >= 15 is 0 Å². The number of H-pyrrole nitrogens is 1. The van der Waals surface area contributed by atoms with Crippen LogP contribution in [0.15, 0.2) is 4.79 Å². The van der Waals surface area contributed by atoms with Crippen LogP contribution < -0.4 is 11.4 Å². The molecule has 0 spiro atoms. The van der Waals surface area contributed by atoms with Gasteiger partial charge in [0, 0.05) is 0 Å². The highest BCUT2D eigenvalue weighted by Gasteiger charge is 2.23. The average molecular weight is 234 g/mol. The summed E-state index contributed by atoms with van der Waals surface area (Å²) in [6.07, 6.45) is -3.13. The smallest absolute Gasteiger partial charge is 0.297 e. The fraction of sp³-hybridized carbons (Fsp3) is 0.500. The van der Waals surface area contributed by atoms with Crippen molar-refractivity contribution in [3.8, 4) is 0 Å². The van der Waals surface area contributed by atoms with Crippen molar-refractivity contribution in [1.29, 1.82) is 0 Å². The Balaban J connectivity index is 3.22. The summed E-state index contributed by atoms with van der Waals surface area (Å²) in [6.45, 7) is -0.706. The van der Waals surface area contributed by atoms with Crippen LogP contribution in [0.4, 0.5) is 0 Å². The molecule has 0 aromatic carbocycles. The number of nitrogen functional groups attached to an aromatic ring is 1. The van der Waals surface area contributed by atoms with Gasteiger partial charge in [0.2, 0.25) is 4.77 Å². The number of aliphatic hydroxyl groups is 3. The third kappa shape index (κ3) is 2.21. The molecule has 2 unspecified atom stereocenters. The number of hydrogen-bond donors (Lipinski definition) is 5. The molecule has 9 heteroatoms. The average Bonchev–Trinajstić information content (AvgIpc) is 2.24. The number of rotatable bonds is 3. The van der Waals surface area contributed by atoms with Crippen LogP contribution in [0.2, 0.25) is 0 Å². The predicted molar refractivity (Wildman–Crippen MR) is 51.9 cm³/mol. The van der Waals surface area contributed by atoms with Crippen LogP contribution in [0.25, 0.3) is 0 Å². The Labute approximate surface area is 88.6 Å². The zero-order valence-corrected chi connectivity index (χ0v) is 8.31. The van der Waals surface area contributed by atoms with E-state index in [-0.39, 0.29) is 4.77 Å². The van der Waals surface area contributed by atoms with Crippen LogP contribution >= 0.6 is 12.2 Å². The molecule has 0 aliphatic heterocycles. The van der Waals surface area contributed by atoms with Crippen LogP contribution in [0.1, 0.15) is 11.8 Å². The molecule has 0 fully saturated rings. The molecule has 1 aromatic heterocycles. The molecule has 0 aliphatic rings. The van der Waals surface area contributed by atoms with Crippen molar-refractivity contribution in [3.05, 3.63) is 20.8 Å². The van der Waals surface area contributed by atoms with Gasteiger partial charge >= 0.3 is 0 Å². The lowest BCUT2D eigenvalue weighted by atomic mass is 10.1. The summed E-state index contributed by atoms with van der Waals surface area (Å²) in [6, 6.07) is 0. The fourth-order valence-corrected chi connectivity index (χ4v) is 1.03. The summed E-state index contributed by atoms with van der Waals surface area (Å²) < 4.78 is 0.458. The Morgan fingerprint density at radius 2 is 2.20 bits per heavy atom. The van der Waals surface area contributed by atoms with E-state index in [1.54, 1.807) is 0 Å². The highest BCUT2D eigenvalue weighted by atomic mass is 32.1. The number of hydrogen-bond acceptors (Lipinski definition) is 7. The van der Waals surface area contributed by atoms with Crippen molar-refractivity contribution in [3.63, 3.8) is 0 Å². The second-order valence-corrected chi connectivity index (χ2v) is 3.17. The van der Waals surface area contributed by atoms with Crippen LogP contribution in [0.3, 0.4) is 0 Å². The van der Waals surface area contributed by atoms with Gasteiger partial charge in [0.25, 0.3) is 5.56 Å². The lowest BCUT2D eigenvalue weighted by molar-refractivity contribution is -0.0186. The molecule has 2 atom stereocenters. The number of nitrogens with two attached hydrogens (primary N) is 1. The van der Waals surface area contributed by atoms with Crippen LogP contribution in [0.5, 0.6) is 0 Å². The quantitative estimate of drug-likeness (QED) is 0.285. The van der Waals surface area contributed by atoms with Crippen molar-refractivity contribution in [1.82, 2.24) is 14.9 Å². The fourth-order valence-electron chi connectivity index (χ4n) is 0.900. The lowest BCUT2D eigenvalue weighted by Gasteiger charge is -2.13. The van der Waals surface area contributed by atoms with E-state index in [2.05, 4.69) is 22.4 Å². The molecule has 1 heterocycles.